The fraction of sp³-hybridized carbons (Fsp3) is 0.286. The van der Waals surface area contributed by atoms with Gasteiger partial charge in [0.2, 0.25) is 0 Å². The molecule has 0 saturated carbocycles. The highest BCUT2D eigenvalue weighted by atomic mass is 79.9. The van der Waals surface area contributed by atoms with Crippen LogP contribution in [0.4, 0.5) is 18.9 Å². The summed E-state index contributed by atoms with van der Waals surface area (Å²) in [5.74, 6) is -1.39. The fourth-order valence-electron chi connectivity index (χ4n) is 2.92. The van der Waals surface area contributed by atoms with Crippen molar-refractivity contribution in [2.45, 2.75) is 25.1 Å². The number of nitrogens with one attached hydrogen (secondary N) is 3. The third kappa shape index (κ3) is 5.97. The van der Waals surface area contributed by atoms with Crippen molar-refractivity contribution in [3.05, 3.63) is 62.9 Å². The first-order valence-corrected chi connectivity index (χ1v) is 10.5. The lowest BCUT2D eigenvalue weighted by molar-refractivity contribution is -0.138. The lowest BCUT2D eigenvalue weighted by Crippen LogP contribution is -2.46. The SMILES string of the molecule is CCC(=N)/C(Br)=C1\Nc2c(Cl)cc(C(F)(F)F)cc2C(/C=C\C(=O)OC)(/C=C/C(=O)OC)N1. The van der Waals surface area contributed by atoms with Crippen LogP contribution in [-0.2, 0) is 30.8 Å². The van der Waals surface area contributed by atoms with Crippen LogP contribution < -0.4 is 10.6 Å². The van der Waals surface area contributed by atoms with E-state index < -0.39 is 29.2 Å². The van der Waals surface area contributed by atoms with E-state index >= 15 is 0 Å². The zero-order valence-electron chi connectivity index (χ0n) is 17.7. The molecule has 0 radical (unpaired) electrons. The zero-order chi connectivity index (χ0) is 25.0. The first-order valence-electron chi connectivity index (χ1n) is 9.36. The molecule has 178 valence electrons. The number of benzene rings is 1. The number of halogens is 5. The molecular formula is C21H20BrClF3N3O4. The quantitative estimate of drug-likeness (QED) is 0.261. The molecule has 1 heterocycles. The predicted molar refractivity (Wildman–Crippen MR) is 121 cm³/mol. The minimum atomic E-state index is -4.72. The number of esters is 2. The van der Waals surface area contributed by atoms with Crippen molar-refractivity contribution in [2.24, 2.45) is 0 Å². The van der Waals surface area contributed by atoms with Gasteiger partial charge in [0.1, 0.15) is 11.4 Å². The molecule has 1 aliphatic rings. The van der Waals surface area contributed by atoms with Gasteiger partial charge in [0.05, 0.1) is 35.0 Å². The largest absolute Gasteiger partial charge is 0.466 e. The van der Waals surface area contributed by atoms with Gasteiger partial charge in [-0.05, 0) is 46.6 Å². The van der Waals surface area contributed by atoms with Gasteiger partial charge in [-0.1, -0.05) is 18.5 Å². The highest BCUT2D eigenvalue weighted by molar-refractivity contribution is 9.12. The molecule has 1 atom stereocenters. The summed E-state index contributed by atoms with van der Waals surface area (Å²) in [5, 5.41) is 13.7. The number of carbonyl (C=O) groups excluding carboxylic acids is 2. The maximum Gasteiger partial charge on any atom is 0.416 e. The number of hydrogen-bond donors (Lipinski definition) is 3. The highest BCUT2D eigenvalue weighted by Crippen LogP contribution is 2.45. The van der Waals surface area contributed by atoms with Gasteiger partial charge in [0.25, 0.3) is 0 Å². The van der Waals surface area contributed by atoms with E-state index in [1.165, 1.54) is 12.2 Å². The van der Waals surface area contributed by atoms with Crippen molar-refractivity contribution in [3.63, 3.8) is 0 Å². The molecule has 12 heteroatoms. The normalized spacial score (nSPS) is 19.5. The van der Waals surface area contributed by atoms with Gasteiger partial charge in [-0.25, -0.2) is 9.59 Å². The lowest BCUT2D eigenvalue weighted by Gasteiger charge is -2.39. The summed E-state index contributed by atoms with van der Waals surface area (Å²) in [7, 11) is 2.27. The zero-order valence-corrected chi connectivity index (χ0v) is 20.0. The lowest BCUT2D eigenvalue weighted by atomic mass is 9.84. The Labute approximate surface area is 201 Å². The third-order valence-electron chi connectivity index (χ3n) is 4.65. The second-order valence-electron chi connectivity index (χ2n) is 6.73. The summed E-state index contributed by atoms with van der Waals surface area (Å²) in [6, 6.07) is 1.61. The van der Waals surface area contributed by atoms with E-state index in [4.69, 9.17) is 17.0 Å². The molecule has 2 rings (SSSR count). The number of allylic oxidation sites excluding steroid dienone is 1. The Morgan fingerprint density at radius 2 is 1.73 bits per heavy atom. The molecule has 1 aliphatic heterocycles. The van der Waals surface area contributed by atoms with Crippen LogP contribution in [0, 0.1) is 5.41 Å². The monoisotopic (exact) mass is 549 g/mol. The standard InChI is InChI=1S/C21H20BrClF3N3O4/c1-4-14(27)17(22)19-28-18-12(9-11(10-13(18)23)21(24,25)26)20(29-19,7-5-15(30)32-2)8-6-16(31)33-3/h5-10,27-29H,4H2,1-3H3/b7-5-,8-6+,19-17-,27-14?. The molecule has 1 aromatic carbocycles. The van der Waals surface area contributed by atoms with Crippen molar-refractivity contribution < 1.29 is 32.2 Å². The first-order chi connectivity index (χ1) is 15.4. The molecule has 0 saturated heterocycles. The fourth-order valence-corrected chi connectivity index (χ4v) is 3.67. The number of fused-ring (bicyclic) bond motifs is 1. The number of anilines is 1. The second kappa shape index (κ2) is 10.4. The topological polar surface area (TPSA) is 101 Å². The minimum Gasteiger partial charge on any atom is -0.466 e. The van der Waals surface area contributed by atoms with E-state index in [1.54, 1.807) is 6.92 Å². The Bertz CT molecular complexity index is 1040. The summed E-state index contributed by atoms with van der Waals surface area (Å²) in [6.07, 6.45) is 0.0608. The Morgan fingerprint density at radius 1 is 1.18 bits per heavy atom. The molecule has 3 N–H and O–H groups in total. The van der Waals surface area contributed by atoms with Gasteiger partial charge in [-0.3, -0.25) is 0 Å². The van der Waals surface area contributed by atoms with Crippen LogP contribution in [0.3, 0.4) is 0 Å². The van der Waals surface area contributed by atoms with Crippen LogP contribution in [-0.4, -0.2) is 31.9 Å². The Morgan fingerprint density at radius 3 is 2.18 bits per heavy atom. The molecule has 0 spiro atoms. The molecular weight excluding hydrogens is 531 g/mol. The van der Waals surface area contributed by atoms with Gasteiger partial charge in [-0.15, -0.1) is 0 Å². The van der Waals surface area contributed by atoms with Crippen molar-refractivity contribution in [1.29, 1.82) is 5.41 Å². The summed E-state index contributed by atoms with van der Waals surface area (Å²) < 4.78 is 50.1. The summed E-state index contributed by atoms with van der Waals surface area (Å²) >= 11 is 9.53. The van der Waals surface area contributed by atoms with E-state index in [-0.39, 0.29) is 32.3 Å². The third-order valence-corrected chi connectivity index (χ3v) is 5.82. The van der Waals surface area contributed by atoms with Gasteiger partial charge in [0, 0.05) is 23.4 Å². The van der Waals surface area contributed by atoms with Crippen LogP contribution in [0.5, 0.6) is 0 Å². The summed E-state index contributed by atoms with van der Waals surface area (Å²) in [5.41, 5.74) is -2.50. The van der Waals surface area contributed by atoms with Crippen molar-refractivity contribution >= 4 is 50.9 Å². The predicted octanol–water partition coefficient (Wildman–Crippen LogP) is 5.02. The van der Waals surface area contributed by atoms with Gasteiger partial charge >= 0.3 is 18.1 Å². The van der Waals surface area contributed by atoms with Crippen LogP contribution in [0.1, 0.15) is 24.5 Å². The Kier molecular flexibility index (Phi) is 8.36. The first kappa shape index (κ1) is 26.5. The molecule has 0 fully saturated rings. The maximum absolute atomic E-state index is 13.6. The van der Waals surface area contributed by atoms with Gasteiger partial charge in [0.15, 0.2) is 0 Å². The average molecular weight is 551 g/mol. The van der Waals surface area contributed by atoms with Crippen LogP contribution >= 0.6 is 27.5 Å². The maximum atomic E-state index is 13.6. The smallest absolute Gasteiger partial charge is 0.416 e. The Balaban J connectivity index is 2.93. The number of ether oxygens (including phenoxy) is 2. The number of methoxy groups -OCH3 is 2. The van der Waals surface area contributed by atoms with E-state index in [1.807, 2.05) is 0 Å². The minimum absolute atomic E-state index is 0.0327. The molecule has 1 aromatic rings. The number of rotatable bonds is 6. The Hall–Kier alpha value is -2.79. The molecule has 1 unspecified atom stereocenters. The number of hydrogen-bond acceptors (Lipinski definition) is 7. The van der Waals surface area contributed by atoms with Gasteiger partial charge < -0.3 is 25.5 Å². The molecule has 0 bridgehead atoms. The average Bonchev–Trinajstić information content (AvgIpc) is 2.79. The molecule has 0 amide bonds. The van der Waals surface area contributed by atoms with Gasteiger partial charge in [-0.2, -0.15) is 13.2 Å². The molecule has 7 nitrogen and oxygen atoms in total. The van der Waals surface area contributed by atoms with Crippen LogP contribution in [0.2, 0.25) is 5.02 Å². The van der Waals surface area contributed by atoms with Crippen molar-refractivity contribution in [1.82, 2.24) is 5.32 Å². The molecule has 33 heavy (non-hydrogen) atoms. The molecule has 0 aliphatic carbocycles. The summed E-state index contributed by atoms with van der Waals surface area (Å²) in [6.45, 7) is 1.74. The van der Waals surface area contributed by atoms with Crippen molar-refractivity contribution in [2.75, 3.05) is 19.5 Å². The summed E-state index contributed by atoms with van der Waals surface area (Å²) in [4.78, 5) is 23.7. The van der Waals surface area contributed by atoms with E-state index in [2.05, 4.69) is 36.0 Å². The van der Waals surface area contributed by atoms with E-state index in [0.29, 0.717) is 6.42 Å². The van der Waals surface area contributed by atoms with Crippen LogP contribution in [0.15, 0.2) is 46.7 Å². The van der Waals surface area contributed by atoms with Crippen molar-refractivity contribution in [3.8, 4) is 0 Å². The molecule has 0 aromatic heterocycles. The number of carbonyl (C=O) groups is 2. The second-order valence-corrected chi connectivity index (χ2v) is 7.93. The van der Waals surface area contributed by atoms with E-state index in [9.17, 15) is 22.8 Å². The highest BCUT2D eigenvalue weighted by Gasteiger charge is 2.40. The van der Waals surface area contributed by atoms with Crippen LogP contribution in [0.25, 0.3) is 0 Å². The number of alkyl halides is 3. The van der Waals surface area contributed by atoms with E-state index in [0.717, 1.165) is 38.5 Å².